The molecule has 0 bridgehead atoms. The van der Waals surface area contributed by atoms with E-state index in [1.54, 1.807) is 17.1 Å². The molecule has 0 radical (unpaired) electrons. The van der Waals surface area contributed by atoms with Gasteiger partial charge in [0, 0.05) is 25.7 Å². The largest absolute Gasteiger partial charge is 0.356 e. The van der Waals surface area contributed by atoms with Crippen LogP contribution < -0.4 is 10.6 Å². The van der Waals surface area contributed by atoms with Gasteiger partial charge >= 0.3 is 0 Å². The van der Waals surface area contributed by atoms with Crippen LogP contribution in [0.1, 0.15) is 19.3 Å². The zero-order chi connectivity index (χ0) is 12.8. The van der Waals surface area contributed by atoms with E-state index in [1.165, 1.54) is 0 Å². The fraction of sp³-hybridized carbons (Fsp3) is 0.667. The third-order valence-corrected chi connectivity index (χ3v) is 3.32. The lowest BCUT2D eigenvalue weighted by molar-refractivity contribution is -0.121. The van der Waals surface area contributed by atoms with Crippen LogP contribution in [0.5, 0.6) is 0 Å². The van der Waals surface area contributed by atoms with E-state index < -0.39 is 0 Å². The third kappa shape index (κ3) is 4.31. The van der Waals surface area contributed by atoms with Crippen LogP contribution >= 0.6 is 11.6 Å². The van der Waals surface area contributed by atoms with Gasteiger partial charge in [-0.25, -0.2) is 0 Å². The normalized spacial score (nSPS) is 19.1. The Morgan fingerprint density at radius 3 is 3.22 bits per heavy atom. The van der Waals surface area contributed by atoms with E-state index in [4.69, 9.17) is 11.6 Å². The quantitative estimate of drug-likeness (QED) is 0.760. The second-order valence-corrected chi connectivity index (χ2v) is 5.12. The van der Waals surface area contributed by atoms with E-state index in [0.717, 1.165) is 32.5 Å². The molecule has 1 fully saturated rings. The Balaban J connectivity index is 1.56. The van der Waals surface area contributed by atoms with Gasteiger partial charge in [-0.15, -0.1) is 0 Å². The predicted molar refractivity (Wildman–Crippen MR) is 70.5 cm³/mol. The molecule has 0 aromatic carbocycles. The second-order valence-electron chi connectivity index (χ2n) is 4.69. The molecule has 1 aliphatic rings. The third-order valence-electron chi connectivity index (χ3n) is 3.12. The number of hydrogen-bond acceptors (Lipinski definition) is 3. The van der Waals surface area contributed by atoms with Gasteiger partial charge in [0.2, 0.25) is 5.91 Å². The number of nitrogens with zero attached hydrogens (tertiary/aromatic N) is 2. The first-order valence-corrected chi connectivity index (χ1v) is 6.77. The zero-order valence-corrected chi connectivity index (χ0v) is 11.1. The highest BCUT2D eigenvalue weighted by Gasteiger charge is 2.17. The summed E-state index contributed by atoms with van der Waals surface area (Å²) >= 11 is 5.76. The Bertz CT molecular complexity index is 387. The van der Waals surface area contributed by atoms with Gasteiger partial charge in [-0.1, -0.05) is 11.6 Å². The SMILES string of the molecule is O=C(CC1CCNC1)NCCCn1cc(Cl)cn1. The zero-order valence-electron chi connectivity index (χ0n) is 10.4. The number of rotatable bonds is 6. The van der Waals surface area contributed by atoms with Crippen molar-refractivity contribution in [2.75, 3.05) is 19.6 Å². The van der Waals surface area contributed by atoms with Crippen molar-refractivity contribution < 1.29 is 4.79 Å². The topological polar surface area (TPSA) is 59.0 Å². The number of nitrogens with one attached hydrogen (secondary N) is 2. The second kappa shape index (κ2) is 6.75. The van der Waals surface area contributed by atoms with E-state index in [1.807, 2.05) is 0 Å². The summed E-state index contributed by atoms with van der Waals surface area (Å²) in [4.78, 5) is 11.6. The summed E-state index contributed by atoms with van der Waals surface area (Å²) in [5.41, 5.74) is 0. The number of halogens is 1. The van der Waals surface area contributed by atoms with E-state index in [0.29, 0.717) is 23.9 Å². The Morgan fingerprint density at radius 2 is 2.56 bits per heavy atom. The minimum Gasteiger partial charge on any atom is -0.356 e. The molecular formula is C12H19ClN4O. The van der Waals surface area contributed by atoms with Gasteiger partial charge in [0.05, 0.1) is 11.2 Å². The molecule has 2 N–H and O–H groups in total. The van der Waals surface area contributed by atoms with Crippen molar-refractivity contribution in [1.29, 1.82) is 0 Å². The van der Waals surface area contributed by atoms with Gasteiger partial charge < -0.3 is 10.6 Å². The first-order chi connectivity index (χ1) is 8.74. The van der Waals surface area contributed by atoms with Crippen LogP contribution in [0.3, 0.4) is 0 Å². The highest BCUT2D eigenvalue weighted by atomic mass is 35.5. The fourth-order valence-electron chi connectivity index (χ4n) is 2.15. The highest BCUT2D eigenvalue weighted by molar-refractivity contribution is 6.30. The molecule has 2 rings (SSSR count). The van der Waals surface area contributed by atoms with Crippen LogP contribution in [0, 0.1) is 5.92 Å². The average Bonchev–Trinajstić information content (AvgIpc) is 2.96. The van der Waals surface area contributed by atoms with Crippen LogP contribution in [0.15, 0.2) is 12.4 Å². The molecule has 0 aliphatic carbocycles. The molecular weight excluding hydrogens is 252 g/mol. The van der Waals surface area contributed by atoms with Crippen molar-refractivity contribution in [3.8, 4) is 0 Å². The van der Waals surface area contributed by atoms with Crippen LogP contribution in [-0.4, -0.2) is 35.3 Å². The molecule has 1 amide bonds. The number of carbonyl (C=O) groups is 1. The molecule has 1 atom stereocenters. The van der Waals surface area contributed by atoms with Gasteiger partial charge in [-0.05, 0) is 31.8 Å². The molecule has 1 unspecified atom stereocenters. The van der Waals surface area contributed by atoms with Crippen molar-refractivity contribution in [2.24, 2.45) is 5.92 Å². The standard InChI is InChI=1S/C12H19ClN4O/c13-11-8-16-17(9-11)5-1-3-15-12(18)6-10-2-4-14-7-10/h8-10,14H,1-7H2,(H,15,18). The minimum absolute atomic E-state index is 0.155. The average molecular weight is 271 g/mol. The fourth-order valence-corrected chi connectivity index (χ4v) is 2.31. The number of hydrogen-bond donors (Lipinski definition) is 2. The Hall–Kier alpha value is -1.07. The van der Waals surface area contributed by atoms with E-state index >= 15 is 0 Å². The molecule has 6 heteroatoms. The number of aryl methyl sites for hydroxylation is 1. The summed E-state index contributed by atoms with van der Waals surface area (Å²) in [6.45, 7) is 3.48. The molecule has 18 heavy (non-hydrogen) atoms. The lowest BCUT2D eigenvalue weighted by Crippen LogP contribution is -2.27. The van der Waals surface area contributed by atoms with E-state index in [9.17, 15) is 4.79 Å². The number of carbonyl (C=O) groups excluding carboxylic acids is 1. The molecule has 1 aromatic rings. The van der Waals surface area contributed by atoms with Gasteiger partial charge in [0.25, 0.3) is 0 Å². The first-order valence-electron chi connectivity index (χ1n) is 6.39. The van der Waals surface area contributed by atoms with Crippen molar-refractivity contribution in [1.82, 2.24) is 20.4 Å². The van der Waals surface area contributed by atoms with Crippen LogP contribution in [-0.2, 0) is 11.3 Å². The van der Waals surface area contributed by atoms with E-state index in [-0.39, 0.29) is 5.91 Å². The summed E-state index contributed by atoms with van der Waals surface area (Å²) < 4.78 is 1.79. The van der Waals surface area contributed by atoms with Gasteiger partial charge in [0.1, 0.15) is 0 Å². The first kappa shape index (κ1) is 13.4. The Labute approximate surface area is 112 Å². The maximum atomic E-state index is 11.6. The number of aromatic nitrogens is 2. The lowest BCUT2D eigenvalue weighted by atomic mass is 10.0. The monoisotopic (exact) mass is 270 g/mol. The van der Waals surface area contributed by atoms with Gasteiger partial charge in [-0.2, -0.15) is 5.10 Å². The summed E-state index contributed by atoms with van der Waals surface area (Å²) in [6, 6.07) is 0. The maximum Gasteiger partial charge on any atom is 0.220 e. The molecule has 100 valence electrons. The van der Waals surface area contributed by atoms with Crippen LogP contribution in [0.4, 0.5) is 0 Å². The van der Waals surface area contributed by atoms with Crippen molar-refractivity contribution in [3.63, 3.8) is 0 Å². The Kier molecular flexibility index (Phi) is 5.01. The van der Waals surface area contributed by atoms with Crippen LogP contribution in [0.25, 0.3) is 0 Å². The minimum atomic E-state index is 0.155. The molecule has 0 saturated carbocycles. The van der Waals surface area contributed by atoms with Gasteiger partial charge in [0.15, 0.2) is 0 Å². The molecule has 1 aliphatic heterocycles. The summed E-state index contributed by atoms with van der Waals surface area (Å²) in [5, 5.41) is 10.9. The maximum absolute atomic E-state index is 11.6. The smallest absolute Gasteiger partial charge is 0.220 e. The molecule has 0 spiro atoms. The molecule has 2 heterocycles. The number of amides is 1. The van der Waals surface area contributed by atoms with Crippen molar-refractivity contribution in [3.05, 3.63) is 17.4 Å². The van der Waals surface area contributed by atoms with Crippen molar-refractivity contribution >= 4 is 17.5 Å². The summed E-state index contributed by atoms with van der Waals surface area (Å²) in [5.74, 6) is 0.664. The predicted octanol–water partition coefficient (Wildman–Crippen LogP) is 1.04. The van der Waals surface area contributed by atoms with Crippen LogP contribution in [0.2, 0.25) is 5.02 Å². The van der Waals surface area contributed by atoms with Crippen molar-refractivity contribution in [2.45, 2.75) is 25.8 Å². The molecule has 1 saturated heterocycles. The molecule has 1 aromatic heterocycles. The summed E-state index contributed by atoms with van der Waals surface area (Å²) in [6.07, 6.45) is 6.02. The highest BCUT2D eigenvalue weighted by Crippen LogP contribution is 2.11. The Morgan fingerprint density at radius 1 is 1.67 bits per heavy atom. The molecule has 5 nitrogen and oxygen atoms in total. The van der Waals surface area contributed by atoms with E-state index in [2.05, 4.69) is 15.7 Å². The lowest BCUT2D eigenvalue weighted by Gasteiger charge is -2.09. The summed E-state index contributed by atoms with van der Waals surface area (Å²) in [7, 11) is 0. The van der Waals surface area contributed by atoms with Gasteiger partial charge in [-0.3, -0.25) is 9.48 Å².